The average Bonchev–Trinajstić information content (AvgIpc) is 2.34. The molecule has 1 rings (SSSR count). The van der Waals surface area contributed by atoms with Crippen LogP contribution in [0.2, 0.25) is 0 Å². The summed E-state index contributed by atoms with van der Waals surface area (Å²) >= 11 is 1.44. The molecule has 17 heavy (non-hydrogen) atoms. The summed E-state index contributed by atoms with van der Waals surface area (Å²) in [6.07, 6.45) is 1.16. The number of nitrogens with zero attached hydrogens (tertiary/aromatic N) is 1. The van der Waals surface area contributed by atoms with Gasteiger partial charge in [0, 0.05) is 24.5 Å². The largest absolute Gasteiger partial charge is 0.394 e. The van der Waals surface area contributed by atoms with E-state index in [0.29, 0.717) is 11.8 Å². The summed E-state index contributed by atoms with van der Waals surface area (Å²) < 4.78 is 0. The fraction of sp³-hybridized carbons (Fsp3) is 0.583. The molecule has 0 spiro atoms. The maximum Gasteiger partial charge on any atom is 0.0960 e. The van der Waals surface area contributed by atoms with Crippen LogP contribution in [0.3, 0.4) is 0 Å². The lowest BCUT2D eigenvalue weighted by atomic mass is 10.2. The van der Waals surface area contributed by atoms with Gasteiger partial charge in [-0.05, 0) is 11.6 Å². The second-order valence-corrected chi connectivity index (χ2v) is 5.23. The van der Waals surface area contributed by atoms with E-state index in [4.69, 9.17) is 5.11 Å². The van der Waals surface area contributed by atoms with Crippen molar-refractivity contribution in [3.8, 4) is 0 Å². The minimum absolute atomic E-state index is 0.205. The molecule has 0 fully saturated rings. The molecule has 0 amide bonds. The monoisotopic (exact) mass is 256 g/mol. The van der Waals surface area contributed by atoms with Gasteiger partial charge in [-0.1, -0.05) is 19.9 Å². The van der Waals surface area contributed by atoms with Crippen LogP contribution in [0.1, 0.15) is 19.4 Å². The van der Waals surface area contributed by atoms with Crippen LogP contribution in [-0.4, -0.2) is 39.7 Å². The van der Waals surface area contributed by atoms with Gasteiger partial charge in [0.25, 0.3) is 0 Å². The fourth-order valence-electron chi connectivity index (χ4n) is 1.16. The van der Waals surface area contributed by atoms with E-state index in [1.165, 1.54) is 11.8 Å². The molecule has 1 aromatic rings. The Hall–Kier alpha value is -0.620. The molecule has 0 aliphatic carbocycles. The fourth-order valence-corrected chi connectivity index (χ4v) is 1.92. The van der Waals surface area contributed by atoms with Crippen LogP contribution in [0.5, 0.6) is 0 Å². The van der Waals surface area contributed by atoms with Gasteiger partial charge in [0.1, 0.15) is 0 Å². The molecule has 0 radical (unpaired) electrons. The second-order valence-electron chi connectivity index (χ2n) is 4.19. The molecule has 1 atom stereocenters. The minimum atomic E-state index is -0.677. The number of pyridine rings is 1. The zero-order chi connectivity index (χ0) is 12.7. The maximum absolute atomic E-state index is 9.21. The molecule has 1 heterocycles. The van der Waals surface area contributed by atoms with Gasteiger partial charge in [-0.3, -0.25) is 0 Å². The number of aromatic nitrogens is 1. The van der Waals surface area contributed by atoms with Gasteiger partial charge < -0.3 is 15.5 Å². The summed E-state index contributed by atoms with van der Waals surface area (Å²) in [5, 5.41) is 22.1. The van der Waals surface area contributed by atoms with Crippen molar-refractivity contribution < 1.29 is 10.2 Å². The Labute approximate surface area is 106 Å². The van der Waals surface area contributed by atoms with Gasteiger partial charge >= 0.3 is 0 Å². The van der Waals surface area contributed by atoms with E-state index < -0.39 is 6.10 Å². The zero-order valence-corrected chi connectivity index (χ0v) is 11.1. The summed E-state index contributed by atoms with van der Waals surface area (Å²) in [6.45, 7) is 4.82. The topological polar surface area (TPSA) is 65.4 Å². The van der Waals surface area contributed by atoms with Gasteiger partial charge in [-0.15, -0.1) is 11.8 Å². The number of aliphatic hydroxyl groups excluding tert-OH is 2. The van der Waals surface area contributed by atoms with Crippen molar-refractivity contribution in [2.75, 3.05) is 12.4 Å². The molecule has 1 unspecified atom stereocenters. The normalized spacial score (nSPS) is 13.0. The number of nitrogens with one attached hydrogen (secondary N) is 1. The number of aliphatic hydroxyl groups is 2. The molecular formula is C12H20N2O2S. The van der Waals surface area contributed by atoms with Crippen molar-refractivity contribution in [2.24, 2.45) is 0 Å². The highest BCUT2D eigenvalue weighted by atomic mass is 32.2. The molecule has 0 saturated heterocycles. The highest BCUT2D eigenvalue weighted by Gasteiger charge is 2.04. The summed E-state index contributed by atoms with van der Waals surface area (Å²) in [7, 11) is 0. The number of rotatable bonds is 7. The Bertz CT molecular complexity index is 317. The van der Waals surface area contributed by atoms with Crippen molar-refractivity contribution in [3.05, 3.63) is 23.9 Å². The molecular weight excluding hydrogens is 236 g/mol. The standard InChI is InChI=1S/C12H20N2O2S/c1-9(2)13-5-10-3-4-12(14-6-10)17-8-11(16)7-15/h3-4,6,9,11,13,15-16H,5,7-8H2,1-2H3. The van der Waals surface area contributed by atoms with Crippen molar-refractivity contribution in [3.63, 3.8) is 0 Å². The molecule has 96 valence electrons. The van der Waals surface area contributed by atoms with Crippen LogP contribution < -0.4 is 5.32 Å². The molecule has 0 saturated carbocycles. The van der Waals surface area contributed by atoms with Gasteiger partial charge in [-0.25, -0.2) is 4.98 Å². The van der Waals surface area contributed by atoms with Crippen molar-refractivity contribution in [1.29, 1.82) is 0 Å². The summed E-state index contributed by atoms with van der Waals surface area (Å²) in [4.78, 5) is 4.29. The van der Waals surface area contributed by atoms with Gasteiger partial charge in [-0.2, -0.15) is 0 Å². The van der Waals surface area contributed by atoms with E-state index in [9.17, 15) is 5.11 Å². The van der Waals surface area contributed by atoms with E-state index in [0.717, 1.165) is 17.1 Å². The van der Waals surface area contributed by atoms with Crippen LogP contribution in [0, 0.1) is 0 Å². The van der Waals surface area contributed by atoms with E-state index in [1.807, 2.05) is 18.3 Å². The second kappa shape index (κ2) is 7.66. The van der Waals surface area contributed by atoms with Crippen molar-refractivity contribution in [1.82, 2.24) is 10.3 Å². The molecule has 3 N–H and O–H groups in total. The summed E-state index contributed by atoms with van der Waals surface area (Å²) in [5.74, 6) is 0.465. The predicted molar refractivity (Wildman–Crippen MR) is 70.0 cm³/mol. The number of hydrogen-bond donors (Lipinski definition) is 3. The molecule has 0 aliphatic heterocycles. The first-order chi connectivity index (χ1) is 8.11. The van der Waals surface area contributed by atoms with E-state index in [-0.39, 0.29) is 6.61 Å². The third-order valence-electron chi connectivity index (χ3n) is 2.15. The first-order valence-electron chi connectivity index (χ1n) is 5.72. The van der Waals surface area contributed by atoms with Crippen LogP contribution in [0.15, 0.2) is 23.4 Å². The van der Waals surface area contributed by atoms with E-state index >= 15 is 0 Å². The average molecular weight is 256 g/mol. The lowest BCUT2D eigenvalue weighted by Crippen LogP contribution is -2.21. The zero-order valence-electron chi connectivity index (χ0n) is 10.3. The summed E-state index contributed by atoms with van der Waals surface area (Å²) in [6, 6.07) is 4.42. The predicted octanol–water partition coefficient (Wildman–Crippen LogP) is 1.02. The number of thioether (sulfide) groups is 1. The molecule has 0 aromatic carbocycles. The van der Waals surface area contributed by atoms with E-state index in [1.54, 1.807) is 0 Å². The van der Waals surface area contributed by atoms with Gasteiger partial charge in [0.05, 0.1) is 17.7 Å². The van der Waals surface area contributed by atoms with Crippen LogP contribution in [0.4, 0.5) is 0 Å². The van der Waals surface area contributed by atoms with Gasteiger partial charge in [0.2, 0.25) is 0 Å². The number of hydrogen-bond acceptors (Lipinski definition) is 5. The van der Waals surface area contributed by atoms with Crippen molar-refractivity contribution in [2.45, 2.75) is 37.6 Å². The molecule has 0 aliphatic rings. The molecule has 1 aromatic heterocycles. The van der Waals surface area contributed by atoms with Crippen LogP contribution in [0.25, 0.3) is 0 Å². The first kappa shape index (κ1) is 14.4. The van der Waals surface area contributed by atoms with Crippen LogP contribution >= 0.6 is 11.8 Å². The lowest BCUT2D eigenvalue weighted by Gasteiger charge is -2.09. The Kier molecular flexibility index (Phi) is 6.50. The van der Waals surface area contributed by atoms with Gasteiger partial charge in [0.15, 0.2) is 0 Å². The minimum Gasteiger partial charge on any atom is -0.394 e. The molecule has 0 bridgehead atoms. The smallest absolute Gasteiger partial charge is 0.0960 e. The first-order valence-corrected chi connectivity index (χ1v) is 6.70. The Morgan fingerprint density at radius 3 is 2.71 bits per heavy atom. The quantitative estimate of drug-likeness (QED) is 0.636. The highest BCUT2D eigenvalue weighted by molar-refractivity contribution is 7.99. The Balaban J connectivity index is 2.39. The molecule has 4 nitrogen and oxygen atoms in total. The summed E-state index contributed by atoms with van der Waals surface area (Å²) in [5.41, 5.74) is 1.14. The highest BCUT2D eigenvalue weighted by Crippen LogP contribution is 2.16. The Morgan fingerprint density at radius 1 is 1.41 bits per heavy atom. The third kappa shape index (κ3) is 6.02. The Morgan fingerprint density at radius 2 is 2.18 bits per heavy atom. The maximum atomic E-state index is 9.21. The van der Waals surface area contributed by atoms with E-state index in [2.05, 4.69) is 24.1 Å². The van der Waals surface area contributed by atoms with Crippen LogP contribution in [-0.2, 0) is 6.54 Å². The molecule has 5 heteroatoms. The lowest BCUT2D eigenvalue weighted by molar-refractivity contribution is 0.113. The third-order valence-corrected chi connectivity index (χ3v) is 3.24. The van der Waals surface area contributed by atoms with Crippen molar-refractivity contribution >= 4 is 11.8 Å². The SMILES string of the molecule is CC(C)NCc1ccc(SCC(O)CO)nc1.